The van der Waals surface area contributed by atoms with Gasteiger partial charge in [0.25, 0.3) is 0 Å². The second kappa shape index (κ2) is 12.7. The second-order valence-electron chi connectivity index (χ2n) is 9.48. The van der Waals surface area contributed by atoms with Gasteiger partial charge >= 0.3 is 18.5 Å². The summed E-state index contributed by atoms with van der Waals surface area (Å²) < 4.78 is 99.7. The number of hydrogen-bond acceptors (Lipinski definition) is 5. The predicted octanol–water partition coefficient (Wildman–Crippen LogP) is 8.49. The van der Waals surface area contributed by atoms with Crippen LogP contribution in [0.25, 0.3) is 22.3 Å². The Morgan fingerprint density at radius 1 is 0.949 bits per heavy atom. The van der Waals surface area contributed by atoms with E-state index in [1.165, 1.54) is 50.2 Å². The summed E-state index contributed by atoms with van der Waals surface area (Å²) in [5.41, 5.74) is 0.966. The highest BCUT2D eigenvalue weighted by molar-refractivity contribution is 5.85. The first-order valence-corrected chi connectivity index (χ1v) is 12.6. The smallest absolute Gasteiger partial charge is 0.493 e. The molecular weight excluding hydrogens is 530 g/mol. The van der Waals surface area contributed by atoms with E-state index in [-0.39, 0.29) is 22.7 Å². The van der Waals surface area contributed by atoms with Gasteiger partial charge in [0.15, 0.2) is 0 Å². The summed E-state index contributed by atoms with van der Waals surface area (Å²) in [7, 11) is 0. The first kappa shape index (κ1) is 30.2. The first-order valence-electron chi connectivity index (χ1n) is 12.6. The number of fused-ring (bicyclic) bond motifs is 1. The lowest BCUT2D eigenvalue weighted by atomic mass is 10.0. The Morgan fingerprint density at radius 3 is 2.33 bits per heavy atom. The molecule has 3 rings (SSSR count). The van der Waals surface area contributed by atoms with Crippen molar-refractivity contribution >= 4 is 16.9 Å². The predicted molar refractivity (Wildman–Crippen MR) is 132 cm³/mol. The average molecular weight is 561 g/mol. The normalized spacial score (nSPS) is 13.1. The quantitative estimate of drug-likeness (QED) is 0.126. The van der Waals surface area contributed by atoms with Gasteiger partial charge in [0.05, 0.1) is 11.5 Å². The molecule has 1 unspecified atom stereocenters. The Bertz CT molecular complexity index is 1250. The van der Waals surface area contributed by atoms with Gasteiger partial charge in [0.2, 0.25) is 0 Å². The van der Waals surface area contributed by atoms with Gasteiger partial charge in [-0.3, -0.25) is 4.79 Å². The van der Waals surface area contributed by atoms with Crippen LogP contribution in [0.2, 0.25) is 0 Å². The topological polar surface area (TPSA) is 57.9 Å². The van der Waals surface area contributed by atoms with Crippen LogP contribution in [0.3, 0.4) is 0 Å². The van der Waals surface area contributed by atoms with Gasteiger partial charge in [0.1, 0.15) is 42.0 Å². The average Bonchev–Trinajstić information content (AvgIpc) is 3.25. The number of esters is 1. The van der Waals surface area contributed by atoms with Gasteiger partial charge in [-0.15, -0.1) is 13.2 Å². The van der Waals surface area contributed by atoms with E-state index < -0.39 is 49.3 Å². The summed E-state index contributed by atoms with van der Waals surface area (Å²) in [6, 6.07) is 10.3. The monoisotopic (exact) mass is 560 g/mol. The van der Waals surface area contributed by atoms with E-state index in [0.29, 0.717) is 17.4 Å². The molecule has 0 bridgehead atoms. The molecule has 0 aliphatic heterocycles. The lowest BCUT2D eigenvalue weighted by Crippen LogP contribution is -2.34. The molecule has 1 aromatic heterocycles. The van der Waals surface area contributed by atoms with E-state index in [2.05, 4.69) is 4.74 Å². The second-order valence-corrected chi connectivity index (χ2v) is 9.48. The summed E-state index contributed by atoms with van der Waals surface area (Å²) in [5.74, 6) is -3.65. The van der Waals surface area contributed by atoms with Crippen molar-refractivity contribution < 1.29 is 49.8 Å². The standard InChI is InChI=1S/C28H30F6O5/c1-4-5-6-7-18-8-11-22(25(12-18)39-28(32,33)34)24-13-19-9-10-21(14-23(19)38-24)36-15-20(27(29,30)31)16-37-26(35)17(2)3/h8-14,17,20H,4-7,15-16H2,1-3H3. The number of furan rings is 1. The highest BCUT2D eigenvalue weighted by Gasteiger charge is 2.41. The van der Waals surface area contributed by atoms with Crippen LogP contribution in [0.5, 0.6) is 11.5 Å². The zero-order chi connectivity index (χ0) is 28.8. The molecule has 2 aromatic carbocycles. The first-order chi connectivity index (χ1) is 18.3. The van der Waals surface area contributed by atoms with Crippen LogP contribution >= 0.6 is 0 Å². The van der Waals surface area contributed by atoms with Crippen LogP contribution in [-0.4, -0.2) is 31.7 Å². The number of aryl methyl sites for hydroxylation is 1. The van der Waals surface area contributed by atoms with Crippen molar-refractivity contribution in [3.05, 3.63) is 48.0 Å². The molecule has 3 aromatic rings. The molecule has 0 aliphatic carbocycles. The molecule has 0 aliphatic rings. The largest absolute Gasteiger partial charge is 0.573 e. The third kappa shape index (κ3) is 8.83. The molecule has 39 heavy (non-hydrogen) atoms. The fourth-order valence-electron chi connectivity index (χ4n) is 3.73. The maximum Gasteiger partial charge on any atom is 0.573 e. The van der Waals surface area contributed by atoms with Gasteiger partial charge in [-0.1, -0.05) is 39.7 Å². The Balaban J connectivity index is 1.81. The number of alkyl halides is 6. The van der Waals surface area contributed by atoms with Crippen molar-refractivity contribution in [2.24, 2.45) is 11.8 Å². The number of ether oxygens (including phenoxy) is 3. The van der Waals surface area contributed by atoms with Gasteiger partial charge < -0.3 is 18.6 Å². The molecular formula is C28H30F6O5. The van der Waals surface area contributed by atoms with E-state index >= 15 is 0 Å². The van der Waals surface area contributed by atoms with Crippen LogP contribution < -0.4 is 9.47 Å². The van der Waals surface area contributed by atoms with E-state index in [1.54, 1.807) is 6.07 Å². The minimum absolute atomic E-state index is 0.0471. The summed E-state index contributed by atoms with van der Waals surface area (Å²) in [6.45, 7) is 3.35. The number of unbranched alkanes of at least 4 members (excludes halogenated alkanes) is 2. The Morgan fingerprint density at radius 2 is 1.69 bits per heavy atom. The molecule has 0 N–H and O–H groups in total. The maximum absolute atomic E-state index is 13.4. The molecule has 0 saturated carbocycles. The van der Waals surface area contributed by atoms with Crippen molar-refractivity contribution in [2.75, 3.05) is 13.2 Å². The van der Waals surface area contributed by atoms with Crippen molar-refractivity contribution in [3.63, 3.8) is 0 Å². The van der Waals surface area contributed by atoms with Gasteiger partial charge in [-0.2, -0.15) is 13.2 Å². The highest BCUT2D eigenvalue weighted by Crippen LogP contribution is 2.38. The van der Waals surface area contributed by atoms with Crippen molar-refractivity contribution in [2.45, 2.75) is 59.0 Å². The molecule has 11 heteroatoms. The zero-order valence-corrected chi connectivity index (χ0v) is 21.7. The van der Waals surface area contributed by atoms with Crippen molar-refractivity contribution in [1.82, 2.24) is 0 Å². The summed E-state index contributed by atoms with van der Waals surface area (Å²) in [6.07, 6.45) is -6.25. The van der Waals surface area contributed by atoms with Gasteiger partial charge in [0, 0.05) is 11.5 Å². The minimum Gasteiger partial charge on any atom is -0.493 e. The molecule has 1 heterocycles. The molecule has 0 spiro atoms. The number of carbonyl (C=O) groups excluding carboxylic acids is 1. The van der Waals surface area contributed by atoms with E-state index in [9.17, 15) is 31.1 Å². The van der Waals surface area contributed by atoms with Gasteiger partial charge in [-0.25, -0.2) is 0 Å². The lowest BCUT2D eigenvalue weighted by Gasteiger charge is -2.21. The lowest BCUT2D eigenvalue weighted by molar-refractivity contribution is -0.274. The van der Waals surface area contributed by atoms with Crippen LogP contribution in [0.4, 0.5) is 26.3 Å². The number of benzene rings is 2. The molecule has 0 fully saturated rings. The van der Waals surface area contributed by atoms with Crippen LogP contribution in [0.15, 0.2) is 46.9 Å². The molecule has 214 valence electrons. The molecule has 0 saturated heterocycles. The third-order valence-corrected chi connectivity index (χ3v) is 5.91. The SMILES string of the molecule is CCCCCc1ccc(-c2cc3ccc(OCC(COC(=O)C(C)C)C(F)(F)F)cc3o2)c(OC(F)(F)F)c1. The molecule has 0 amide bonds. The fourth-order valence-corrected chi connectivity index (χ4v) is 3.73. The number of carbonyl (C=O) groups is 1. The van der Waals surface area contributed by atoms with Gasteiger partial charge in [-0.05, 0) is 48.7 Å². The van der Waals surface area contributed by atoms with Crippen LogP contribution in [-0.2, 0) is 16.0 Å². The summed E-state index contributed by atoms with van der Waals surface area (Å²) in [5, 5.41) is 0.501. The maximum atomic E-state index is 13.4. The van der Waals surface area contributed by atoms with Crippen LogP contribution in [0.1, 0.15) is 45.6 Å². The Kier molecular flexibility index (Phi) is 9.79. The third-order valence-electron chi connectivity index (χ3n) is 5.91. The number of hydrogen-bond donors (Lipinski definition) is 0. The fraction of sp³-hybridized carbons (Fsp3) is 0.464. The molecule has 5 nitrogen and oxygen atoms in total. The van der Waals surface area contributed by atoms with Crippen molar-refractivity contribution in [1.29, 1.82) is 0 Å². The zero-order valence-electron chi connectivity index (χ0n) is 21.7. The highest BCUT2D eigenvalue weighted by atomic mass is 19.4. The van der Waals surface area contributed by atoms with E-state index in [4.69, 9.17) is 13.9 Å². The van der Waals surface area contributed by atoms with Crippen LogP contribution in [0, 0.1) is 11.8 Å². The van der Waals surface area contributed by atoms with Crippen molar-refractivity contribution in [3.8, 4) is 22.8 Å². The van der Waals surface area contributed by atoms with E-state index in [0.717, 1.165) is 19.3 Å². The summed E-state index contributed by atoms with van der Waals surface area (Å²) >= 11 is 0. The summed E-state index contributed by atoms with van der Waals surface area (Å²) in [4.78, 5) is 11.6. The molecule has 0 radical (unpaired) electrons. The molecule has 1 atom stereocenters. The minimum atomic E-state index is -4.91. The Labute approximate surface area is 222 Å². The van der Waals surface area contributed by atoms with E-state index in [1.807, 2.05) is 6.92 Å². The number of rotatable bonds is 12. The Hall–Kier alpha value is -3.37. The number of halogens is 6.